The molecule has 3 saturated heterocycles. The van der Waals surface area contributed by atoms with Crippen LogP contribution in [0.2, 0.25) is 0 Å². The lowest BCUT2D eigenvalue weighted by Crippen LogP contribution is -2.44. The molecule has 3 rings (SSSR count). The van der Waals surface area contributed by atoms with Gasteiger partial charge < -0.3 is 14.7 Å². The van der Waals surface area contributed by atoms with Crippen molar-refractivity contribution in [2.24, 2.45) is 0 Å². The quantitative estimate of drug-likeness (QED) is 0.512. The second-order valence-electron chi connectivity index (χ2n) is 8.02. The van der Waals surface area contributed by atoms with E-state index < -0.39 is 0 Å². The van der Waals surface area contributed by atoms with Crippen LogP contribution in [0.25, 0.3) is 0 Å². The highest BCUT2D eigenvalue weighted by Crippen LogP contribution is 2.29. The third kappa shape index (κ3) is 4.96. The standard InChI is InChI=1S/C21H31N7/c22-7-14-26-12-5-20(6-13-26)28-16-15-27(21(28)19(17-23)18-24)11-4-10-25-8-2-1-3-9-25/h20H,1-6,8-16H2. The highest BCUT2D eigenvalue weighted by molar-refractivity contribution is 5.40. The van der Waals surface area contributed by atoms with E-state index in [1.54, 1.807) is 0 Å². The third-order valence-corrected chi connectivity index (χ3v) is 6.27. The van der Waals surface area contributed by atoms with Crippen molar-refractivity contribution in [1.82, 2.24) is 19.6 Å². The number of nitrogens with zero attached hydrogens (tertiary/aromatic N) is 7. The summed E-state index contributed by atoms with van der Waals surface area (Å²) in [6.07, 6.45) is 7.00. The average Bonchev–Trinajstić information content (AvgIpc) is 3.14. The van der Waals surface area contributed by atoms with Gasteiger partial charge in [-0.05, 0) is 51.7 Å². The van der Waals surface area contributed by atoms with E-state index in [9.17, 15) is 10.5 Å². The van der Waals surface area contributed by atoms with Gasteiger partial charge >= 0.3 is 0 Å². The fourth-order valence-electron chi connectivity index (χ4n) is 4.78. The normalized spacial score (nSPS) is 22.0. The van der Waals surface area contributed by atoms with Crippen LogP contribution in [0.1, 0.15) is 38.5 Å². The van der Waals surface area contributed by atoms with Gasteiger partial charge in [-0.2, -0.15) is 15.8 Å². The molecule has 0 unspecified atom stereocenters. The first-order valence-electron chi connectivity index (χ1n) is 10.6. The predicted molar refractivity (Wildman–Crippen MR) is 107 cm³/mol. The maximum Gasteiger partial charge on any atom is 0.169 e. The molecular weight excluding hydrogens is 350 g/mol. The zero-order valence-electron chi connectivity index (χ0n) is 16.8. The SMILES string of the molecule is N#CCN1CCC(N2CCN(CCCN3CCCCC3)C2=C(C#N)C#N)CC1. The van der Waals surface area contributed by atoms with Crippen LogP contribution in [-0.4, -0.2) is 84.5 Å². The van der Waals surface area contributed by atoms with E-state index in [1.807, 2.05) is 0 Å². The van der Waals surface area contributed by atoms with Crippen molar-refractivity contribution in [1.29, 1.82) is 15.8 Å². The molecule has 0 aromatic heterocycles. The first-order chi connectivity index (χ1) is 13.8. The summed E-state index contributed by atoms with van der Waals surface area (Å²) >= 11 is 0. The van der Waals surface area contributed by atoms with E-state index in [0.29, 0.717) is 12.6 Å². The number of piperidine rings is 2. The van der Waals surface area contributed by atoms with Gasteiger partial charge in [-0.3, -0.25) is 4.90 Å². The summed E-state index contributed by atoms with van der Waals surface area (Å²) in [6.45, 7) is 8.49. The van der Waals surface area contributed by atoms with Crippen LogP contribution in [0.5, 0.6) is 0 Å². The van der Waals surface area contributed by atoms with Gasteiger partial charge in [-0.1, -0.05) is 6.42 Å². The maximum atomic E-state index is 9.53. The molecule has 7 heteroatoms. The molecule has 0 aromatic rings. The predicted octanol–water partition coefficient (Wildman–Crippen LogP) is 1.73. The maximum absolute atomic E-state index is 9.53. The number of allylic oxidation sites excluding steroid dienone is 1. The Bertz CT molecular complexity index is 650. The summed E-state index contributed by atoms with van der Waals surface area (Å²) < 4.78 is 0. The van der Waals surface area contributed by atoms with E-state index >= 15 is 0 Å². The summed E-state index contributed by atoms with van der Waals surface area (Å²) in [6, 6.07) is 6.85. The molecule has 0 bridgehead atoms. The molecule has 0 N–H and O–H groups in total. The third-order valence-electron chi connectivity index (χ3n) is 6.27. The molecule has 3 heterocycles. The van der Waals surface area contributed by atoms with Crippen molar-refractivity contribution >= 4 is 0 Å². The van der Waals surface area contributed by atoms with Crippen LogP contribution >= 0.6 is 0 Å². The van der Waals surface area contributed by atoms with Gasteiger partial charge in [0.05, 0.1) is 12.6 Å². The summed E-state index contributed by atoms with van der Waals surface area (Å²) in [5.74, 6) is 0.849. The first-order valence-corrected chi connectivity index (χ1v) is 10.6. The topological polar surface area (TPSA) is 84.3 Å². The van der Waals surface area contributed by atoms with Crippen LogP contribution in [0.15, 0.2) is 11.4 Å². The molecule has 0 spiro atoms. The van der Waals surface area contributed by atoms with Gasteiger partial charge in [-0.25, -0.2) is 0 Å². The second kappa shape index (κ2) is 10.3. The molecule has 3 aliphatic heterocycles. The number of hydrogen-bond acceptors (Lipinski definition) is 7. The van der Waals surface area contributed by atoms with Crippen molar-refractivity contribution in [2.75, 3.05) is 58.9 Å². The molecule has 7 nitrogen and oxygen atoms in total. The van der Waals surface area contributed by atoms with Crippen LogP contribution in [-0.2, 0) is 0 Å². The smallest absolute Gasteiger partial charge is 0.169 e. The number of nitriles is 3. The zero-order valence-corrected chi connectivity index (χ0v) is 16.8. The molecule has 3 aliphatic rings. The highest BCUT2D eigenvalue weighted by atomic mass is 15.4. The highest BCUT2D eigenvalue weighted by Gasteiger charge is 2.34. The molecule has 0 atom stereocenters. The number of rotatable bonds is 6. The minimum Gasteiger partial charge on any atom is -0.355 e. The summed E-state index contributed by atoms with van der Waals surface area (Å²) in [7, 11) is 0. The van der Waals surface area contributed by atoms with Gasteiger partial charge in [0.15, 0.2) is 5.57 Å². The summed E-state index contributed by atoms with van der Waals surface area (Å²) in [5.41, 5.74) is 0.245. The molecule has 28 heavy (non-hydrogen) atoms. The van der Waals surface area contributed by atoms with Gasteiger partial charge in [0.25, 0.3) is 0 Å². The molecule has 0 amide bonds. The molecule has 0 radical (unpaired) electrons. The largest absolute Gasteiger partial charge is 0.355 e. The Morgan fingerprint density at radius 1 is 0.821 bits per heavy atom. The Morgan fingerprint density at radius 3 is 2.18 bits per heavy atom. The Hall–Kier alpha value is -2.27. The summed E-state index contributed by atoms with van der Waals surface area (Å²) in [4.78, 5) is 9.28. The number of hydrogen-bond donors (Lipinski definition) is 0. The van der Waals surface area contributed by atoms with Gasteiger partial charge in [0.1, 0.15) is 18.0 Å². The Labute approximate surface area is 169 Å². The Balaban J connectivity index is 1.61. The van der Waals surface area contributed by atoms with Crippen molar-refractivity contribution < 1.29 is 0 Å². The first kappa shape index (κ1) is 20.5. The monoisotopic (exact) mass is 381 g/mol. The number of likely N-dealkylation sites (tertiary alicyclic amines) is 2. The van der Waals surface area contributed by atoms with Gasteiger partial charge in [0, 0.05) is 38.8 Å². The molecular formula is C21H31N7. The van der Waals surface area contributed by atoms with Crippen molar-refractivity contribution in [3.63, 3.8) is 0 Å². The Kier molecular flexibility index (Phi) is 7.54. The Morgan fingerprint density at radius 2 is 1.54 bits per heavy atom. The second-order valence-corrected chi connectivity index (χ2v) is 8.02. The van der Waals surface area contributed by atoms with E-state index in [4.69, 9.17) is 5.26 Å². The lowest BCUT2D eigenvalue weighted by Gasteiger charge is -2.38. The van der Waals surface area contributed by atoms with E-state index in [2.05, 4.69) is 37.8 Å². The van der Waals surface area contributed by atoms with E-state index in [0.717, 1.165) is 64.4 Å². The van der Waals surface area contributed by atoms with Crippen molar-refractivity contribution in [3.8, 4) is 18.2 Å². The average molecular weight is 382 g/mol. The van der Waals surface area contributed by atoms with Crippen molar-refractivity contribution in [2.45, 2.75) is 44.6 Å². The zero-order chi connectivity index (χ0) is 19.8. The molecule has 0 aromatic carbocycles. The minimum absolute atomic E-state index is 0.245. The van der Waals surface area contributed by atoms with Gasteiger partial charge in [-0.15, -0.1) is 0 Å². The van der Waals surface area contributed by atoms with Crippen LogP contribution in [0.4, 0.5) is 0 Å². The van der Waals surface area contributed by atoms with Gasteiger partial charge in [0.2, 0.25) is 0 Å². The molecule has 150 valence electrons. The van der Waals surface area contributed by atoms with Crippen LogP contribution in [0, 0.1) is 34.0 Å². The lowest BCUT2D eigenvalue weighted by atomic mass is 10.0. The molecule has 0 saturated carbocycles. The van der Waals surface area contributed by atoms with E-state index in [-0.39, 0.29) is 5.57 Å². The minimum atomic E-state index is 0.245. The summed E-state index contributed by atoms with van der Waals surface area (Å²) in [5, 5.41) is 27.9. The lowest BCUT2D eigenvalue weighted by molar-refractivity contribution is 0.147. The molecule has 0 aliphatic carbocycles. The van der Waals surface area contributed by atoms with E-state index in [1.165, 1.54) is 32.4 Å². The molecule has 3 fully saturated rings. The van der Waals surface area contributed by atoms with Crippen LogP contribution < -0.4 is 0 Å². The fourth-order valence-corrected chi connectivity index (χ4v) is 4.78. The van der Waals surface area contributed by atoms with Crippen LogP contribution in [0.3, 0.4) is 0 Å². The fraction of sp³-hybridized carbons (Fsp3) is 0.762. The van der Waals surface area contributed by atoms with Crippen molar-refractivity contribution in [3.05, 3.63) is 11.4 Å².